The van der Waals surface area contributed by atoms with Crippen LogP contribution >= 0.6 is 0 Å². The summed E-state index contributed by atoms with van der Waals surface area (Å²) >= 11 is 0. The molecule has 1 heterocycles. The van der Waals surface area contributed by atoms with Gasteiger partial charge in [-0.05, 0) is 29.5 Å². The standard InChI is InChI=1S/C15H15N3O3/c1-11(19)17-8-3-2-4-12-5-6-15(18(20)21)14-10-16-9-7-13(12)14/h2,4-7,9-10H,3,8H2,1H3,(H,17,19). The zero-order chi connectivity index (χ0) is 15.2. The lowest BCUT2D eigenvalue weighted by Crippen LogP contribution is -2.20. The minimum atomic E-state index is -0.408. The number of hydrogen-bond acceptors (Lipinski definition) is 4. The molecule has 0 aliphatic rings. The number of rotatable bonds is 5. The highest BCUT2D eigenvalue weighted by Gasteiger charge is 2.12. The van der Waals surface area contributed by atoms with Crippen LogP contribution in [0.4, 0.5) is 5.69 Å². The number of nitrogens with one attached hydrogen (secondary N) is 1. The van der Waals surface area contributed by atoms with Gasteiger partial charge >= 0.3 is 0 Å². The molecule has 108 valence electrons. The molecule has 2 aromatic rings. The fourth-order valence-electron chi connectivity index (χ4n) is 2.04. The van der Waals surface area contributed by atoms with Crippen molar-refractivity contribution in [1.29, 1.82) is 0 Å². The van der Waals surface area contributed by atoms with Gasteiger partial charge in [0.1, 0.15) is 0 Å². The molecule has 0 unspecified atom stereocenters. The second-order valence-electron chi connectivity index (χ2n) is 4.53. The third-order valence-electron chi connectivity index (χ3n) is 3.01. The lowest BCUT2D eigenvalue weighted by atomic mass is 10.0. The van der Waals surface area contributed by atoms with Crippen molar-refractivity contribution in [3.63, 3.8) is 0 Å². The summed E-state index contributed by atoms with van der Waals surface area (Å²) in [5, 5.41) is 15.0. The minimum absolute atomic E-state index is 0.0495. The molecule has 1 aromatic heterocycles. The minimum Gasteiger partial charge on any atom is -0.356 e. The Labute approximate surface area is 121 Å². The maximum Gasteiger partial charge on any atom is 0.278 e. The molecule has 1 aromatic carbocycles. The monoisotopic (exact) mass is 285 g/mol. The SMILES string of the molecule is CC(=O)NCCC=Cc1ccc([N+](=O)[O-])c2cnccc12. The molecule has 21 heavy (non-hydrogen) atoms. The van der Waals surface area contributed by atoms with E-state index in [-0.39, 0.29) is 11.6 Å². The third kappa shape index (κ3) is 3.62. The van der Waals surface area contributed by atoms with Gasteiger partial charge in [-0.3, -0.25) is 19.9 Å². The summed E-state index contributed by atoms with van der Waals surface area (Å²) in [5.41, 5.74) is 0.939. The highest BCUT2D eigenvalue weighted by molar-refractivity contribution is 5.96. The first-order valence-electron chi connectivity index (χ1n) is 6.51. The Bertz CT molecular complexity index is 710. The zero-order valence-electron chi connectivity index (χ0n) is 11.6. The van der Waals surface area contributed by atoms with E-state index in [1.54, 1.807) is 18.3 Å². The molecule has 2 rings (SSSR count). The van der Waals surface area contributed by atoms with Crippen molar-refractivity contribution in [1.82, 2.24) is 10.3 Å². The Morgan fingerprint density at radius 2 is 2.19 bits per heavy atom. The maximum absolute atomic E-state index is 11.0. The number of carbonyl (C=O) groups excluding carboxylic acids is 1. The molecular formula is C15H15N3O3. The van der Waals surface area contributed by atoms with E-state index in [1.807, 2.05) is 12.2 Å². The van der Waals surface area contributed by atoms with E-state index in [9.17, 15) is 14.9 Å². The Morgan fingerprint density at radius 1 is 1.38 bits per heavy atom. The molecular weight excluding hydrogens is 270 g/mol. The highest BCUT2D eigenvalue weighted by atomic mass is 16.6. The summed E-state index contributed by atoms with van der Waals surface area (Å²) in [5.74, 6) is -0.0599. The molecule has 6 nitrogen and oxygen atoms in total. The first-order chi connectivity index (χ1) is 10.1. The van der Waals surface area contributed by atoms with Crippen LogP contribution in [0.15, 0.2) is 36.7 Å². The largest absolute Gasteiger partial charge is 0.356 e. The second kappa shape index (κ2) is 6.60. The number of fused-ring (bicyclic) bond motifs is 1. The van der Waals surface area contributed by atoms with Gasteiger partial charge in [-0.2, -0.15) is 0 Å². The number of benzene rings is 1. The molecule has 0 saturated heterocycles. The molecule has 0 saturated carbocycles. The van der Waals surface area contributed by atoms with Crippen molar-refractivity contribution >= 4 is 28.4 Å². The van der Waals surface area contributed by atoms with Crippen LogP contribution in [0.3, 0.4) is 0 Å². The van der Waals surface area contributed by atoms with Crippen molar-refractivity contribution in [2.75, 3.05) is 6.54 Å². The van der Waals surface area contributed by atoms with Gasteiger partial charge in [-0.15, -0.1) is 0 Å². The van der Waals surface area contributed by atoms with Crippen molar-refractivity contribution in [2.24, 2.45) is 0 Å². The smallest absolute Gasteiger partial charge is 0.278 e. The number of aromatic nitrogens is 1. The van der Waals surface area contributed by atoms with Crippen LogP contribution in [0.2, 0.25) is 0 Å². The quantitative estimate of drug-likeness (QED) is 0.520. The third-order valence-corrected chi connectivity index (χ3v) is 3.01. The van der Waals surface area contributed by atoms with Gasteiger partial charge in [0.25, 0.3) is 5.69 Å². The Kier molecular flexibility index (Phi) is 4.61. The zero-order valence-corrected chi connectivity index (χ0v) is 11.6. The number of carbonyl (C=O) groups is 1. The topological polar surface area (TPSA) is 85.1 Å². The van der Waals surface area contributed by atoms with Gasteiger partial charge in [0.2, 0.25) is 5.91 Å². The predicted octanol–water partition coefficient (Wildman–Crippen LogP) is 2.68. The van der Waals surface area contributed by atoms with Crippen molar-refractivity contribution in [3.05, 3.63) is 52.3 Å². The summed E-state index contributed by atoms with van der Waals surface area (Å²) in [4.78, 5) is 25.3. The summed E-state index contributed by atoms with van der Waals surface area (Å²) in [6.07, 6.45) is 7.64. The second-order valence-corrected chi connectivity index (χ2v) is 4.53. The lowest BCUT2D eigenvalue weighted by Gasteiger charge is -2.03. The molecule has 0 aliphatic heterocycles. The van der Waals surface area contributed by atoms with Crippen LogP contribution in [0.25, 0.3) is 16.8 Å². The van der Waals surface area contributed by atoms with Gasteiger partial charge in [-0.1, -0.05) is 12.2 Å². The Morgan fingerprint density at radius 3 is 2.90 bits per heavy atom. The van der Waals surface area contributed by atoms with Crippen molar-refractivity contribution in [2.45, 2.75) is 13.3 Å². The fourth-order valence-corrected chi connectivity index (χ4v) is 2.04. The Hall–Kier alpha value is -2.76. The molecule has 0 bridgehead atoms. The van der Waals surface area contributed by atoms with Gasteiger partial charge < -0.3 is 5.32 Å². The molecule has 0 radical (unpaired) electrons. The molecule has 1 amide bonds. The van der Waals surface area contributed by atoms with Gasteiger partial charge in [-0.25, -0.2) is 0 Å². The molecule has 0 fully saturated rings. The predicted molar refractivity (Wildman–Crippen MR) is 80.7 cm³/mol. The summed E-state index contributed by atoms with van der Waals surface area (Å²) in [7, 11) is 0. The highest BCUT2D eigenvalue weighted by Crippen LogP contribution is 2.28. The number of nitro groups is 1. The summed E-state index contributed by atoms with van der Waals surface area (Å²) in [6.45, 7) is 2.04. The number of pyridine rings is 1. The van der Waals surface area contributed by atoms with E-state index >= 15 is 0 Å². The van der Waals surface area contributed by atoms with E-state index in [0.29, 0.717) is 18.4 Å². The maximum atomic E-state index is 11.0. The average Bonchev–Trinajstić information content (AvgIpc) is 2.46. The average molecular weight is 285 g/mol. The van der Waals surface area contributed by atoms with E-state index in [4.69, 9.17) is 0 Å². The number of hydrogen-bond donors (Lipinski definition) is 1. The van der Waals surface area contributed by atoms with Crippen LogP contribution in [0, 0.1) is 10.1 Å². The number of amides is 1. The lowest BCUT2D eigenvalue weighted by molar-refractivity contribution is -0.383. The van der Waals surface area contributed by atoms with E-state index in [0.717, 1.165) is 10.9 Å². The molecule has 0 spiro atoms. The molecule has 6 heteroatoms. The number of nitrogens with zero attached hydrogens (tertiary/aromatic N) is 2. The number of nitro benzene ring substituents is 1. The summed E-state index contributed by atoms with van der Waals surface area (Å²) < 4.78 is 0. The van der Waals surface area contributed by atoms with Gasteiger partial charge in [0.05, 0.1) is 10.3 Å². The van der Waals surface area contributed by atoms with Crippen LogP contribution in [0.1, 0.15) is 18.9 Å². The van der Waals surface area contributed by atoms with E-state index in [2.05, 4.69) is 10.3 Å². The number of non-ortho nitro benzene ring substituents is 1. The molecule has 0 aliphatic carbocycles. The van der Waals surface area contributed by atoms with E-state index < -0.39 is 4.92 Å². The first-order valence-corrected chi connectivity index (χ1v) is 6.51. The molecule has 0 atom stereocenters. The Balaban J connectivity index is 2.25. The fraction of sp³-hybridized carbons (Fsp3) is 0.200. The van der Waals surface area contributed by atoms with Gasteiger partial charge in [0, 0.05) is 31.9 Å². The van der Waals surface area contributed by atoms with Crippen LogP contribution in [0.5, 0.6) is 0 Å². The van der Waals surface area contributed by atoms with Crippen molar-refractivity contribution < 1.29 is 9.72 Å². The van der Waals surface area contributed by atoms with Gasteiger partial charge in [0.15, 0.2) is 0 Å². The van der Waals surface area contributed by atoms with Crippen LogP contribution < -0.4 is 5.32 Å². The van der Waals surface area contributed by atoms with Crippen LogP contribution in [-0.4, -0.2) is 22.4 Å². The first kappa shape index (κ1) is 14.6. The summed E-state index contributed by atoms with van der Waals surface area (Å²) in [6, 6.07) is 4.96. The van der Waals surface area contributed by atoms with Crippen molar-refractivity contribution in [3.8, 4) is 0 Å². The molecule has 1 N–H and O–H groups in total. The van der Waals surface area contributed by atoms with Crippen LogP contribution in [-0.2, 0) is 4.79 Å². The van der Waals surface area contributed by atoms with E-state index in [1.165, 1.54) is 19.2 Å². The normalized spacial score (nSPS) is 10.9.